The van der Waals surface area contributed by atoms with Gasteiger partial charge in [0, 0.05) is 30.6 Å². The average Bonchev–Trinajstić information content (AvgIpc) is 2.29. The monoisotopic (exact) mass is 222 g/mol. The van der Waals surface area contributed by atoms with Crippen molar-refractivity contribution < 1.29 is 4.74 Å². The van der Waals surface area contributed by atoms with Crippen LogP contribution in [0.25, 0.3) is 0 Å². The summed E-state index contributed by atoms with van der Waals surface area (Å²) in [4.78, 5) is 0. The molecule has 0 heterocycles. The van der Waals surface area contributed by atoms with Crippen molar-refractivity contribution in [1.29, 1.82) is 0 Å². The zero-order valence-electron chi connectivity index (χ0n) is 10.4. The molecule has 0 radical (unpaired) electrons. The summed E-state index contributed by atoms with van der Waals surface area (Å²) < 4.78 is 5.39. The van der Waals surface area contributed by atoms with Crippen LogP contribution >= 0.6 is 0 Å². The molecule has 0 spiro atoms. The van der Waals surface area contributed by atoms with Gasteiger partial charge in [-0.15, -0.1) is 0 Å². The lowest BCUT2D eigenvalue weighted by molar-refractivity contribution is 0.386. The summed E-state index contributed by atoms with van der Waals surface area (Å²) >= 11 is 0. The molecular formula is C13H22N2O. The maximum Gasteiger partial charge on any atom is 0.122 e. The zero-order chi connectivity index (χ0) is 12.0. The molecule has 1 aromatic rings. The van der Waals surface area contributed by atoms with Crippen molar-refractivity contribution in [2.45, 2.75) is 19.3 Å². The Kier molecular flexibility index (Phi) is 4.77. The van der Waals surface area contributed by atoms with E-state index in [1.807, 2.05) is 18.2 Å². The van der Waals surface area contributed by atoms with E-state index in [-0.39, 0.29) is 5.41 Å². The highest BCUT2D eigenvalue weighted by atomic mass is 16.5. The lowest BCUT2D eigenvalue weighted by Gasteiger charge is -2.27. The molecule has 1 rings (SSSR count). The summed E-state index contributed by atoms with van der Waals surface area (Å²) in [5.74, 6) is 0.946. The Morgan fingerprint density at radius 2 is 2.00 bits per heavy atom. The van der Waals surface area contributed by atoms with Crippen LogP contribution in [0.2, 0.25) is 0 Å². The van der Waals surface area contributed by atoms with Gasteiger partial charge in [-0.2, -0.15) is 0 Å². The van der Waals surface area contributed by atoms with Crippen LogP contribution in [0, 0.1) is 0 Å². The minimum Gasteiger partial charge on any atom is -0.496 e. The molecular weight excluding hydrogens is 200 g/mol. The van der Waals surface area contributed by atoms with Crippen molar-refractivity contribution >= 4 is 0 Å². The molecule has 90 valence electrons. The SMILES string of the molecule is COc1ccccc1C(C)(C)CNCCN. The highest BCUT2D eigenvalue weighted by Crippen LogP contribution is 2.30. The minimum absolute atomic E-state index is 0.0434. The molecule has 1 aromatic carbocycles. The van der Waals surface area contributed by atoms with E-state index < -0.39 is 0 Å². The van der Waals surface area contributed by atoms with E-state index in [1.54, 1.807) is 7.11 Å². The summed E-state index contributed by atoms with van der Waals surface area (Å²) in [6, 6.07) is 8.15. The quantitative estimate of drug-likeness (QED) is 0.717. The van der Waals surface area contributed by atoms with Gasteiger partial charge in [-0.3, -0.25) is 0 Å². The van der Waals surface area contributed by atoms with E-state index >= 15 is 0 Å². The fourth-order valence-corrected chi connectivity index (χ4v) is 1.80. The first kappa shape index (κ1) is 13.0. The summed E-state index contributed by atoms with van der Waals surface area (Å²) in [7, 11) is 1.71. The maximum atomic E-state index is 5.47. The van der Waals surface area contributed by atoms with E-state index in [2.05, 4.69) is 25.2 Å². The van der Waals surface area contributed by atoms with Crippen molar-refractivity contribution in [2.75, 3.05) is 26.7 Å². The molecule has 0 aliphatic rings. The molecule has 0 amide bonds. The molecule has 0 unspecified atom stereocenters. The fourth-order valence-electron chi connectivity index (χ4n) is 1.80. The second-order valence-corrected chi connectivity index (χ2v) is 4.55. The summed E-state index contributed by atoms with van der Waals surface area (Å²) in [5, 5.41) is 3.34. The molecule has 0 atom stereocenters. The van der Waals surface area contributed by atoms with Gasteiger partial charge in [0.2, 0.25) is 0 Å². The highest BCUT2D eigenvalue weighted by Gasteiger charge is 2.23. The summed E-state index contributed by atoms with van der Waals surface area (Å²) in [6.45, 7) is 6.81. The molecule has 0 aliphatic heterocycles. The smallest absolute Gasteiger partial charge is 0.122 e. The minimum atomic E-state index is 0.0434. The molecule has 3 N–H and O–H groups in total. The van der Waals surface area contributed by atoms with Gasteiger partial charge in [0.15, 0.2) is 0 Å². The van der Waals surface area contributed by atoms with Gasteiger partial charge in [0.05, 0.1) is 7.11 Å². The number of rotatable bonds is 6. The largest absolute Gasteiger partial charge is 0.496 e. The van der Waals surface area contributed by atoms with Crippen molar-refractivity contribution in [3.8, 4) is 5.75 Å². The first-order valence-electron chi connectivity index (χ1n) is 5.66. The number of hydrogen-bond donors (Lipinski definition) is 2. The molecule has 0 fully saturated rings. The normalized spacial score (nSPS) is 11.5. The van der Waals surface area contributed by atoms with Gasteiger partial charge < -0.3 is 15.8 Å². The predicted molar refractivity (Wildman–Crippen MR) is 67.9 cm³/mol. The topological polar surface area (TPSA) is 47.3 Å². The number of methoxy groups -OCH3 is 1. The number of benzene rings is 1. The second kappa shape index (κ2) is 5.87. The first-order chi connectivity index (χ1) is 7.61. The van der Waals surface area contributed by atoms with Crippen LogP contribution in [0.1, 0.15) is 19.4 Å². The number of nitrogens with one attached hydrogen (secondary N) is 1. The average molecular weight is 222 g/mol. The van der Waals surface area contributed by atoms with Crippen LogP contribution < -0.4 is 15.8 Å². The van der Waals surface area contributed by atoms with Crippen molar-refractivity contribution in [2.24, 2.45) is 5.73 Å². The van der Waals surface area contributed by atoms with Gasteiger partial charge >= 0.3 is 0 Å². The Bertz CT molecular complexity index is 323. The third-order valence-electron chi connectivity index (χ3n) is 2.72. The van der Waals surface area contributed by atoms with E-state index in [0.29, 0.717) is 6.54 Å². The van der Waals surface area contributed by atoms with Crippen molar-refractivity contribution in [1.82, 2.24) is 5.32 Å². The van der Waals surface area contributed by atoms with E-state index in [1.165, 1.54) is 5.56 Å². The van der Waals surface area contributed by atoms with Crippen LogP contribution in [0.4, 0.5) is 0 Å². The number of para-hydroxylation sites is 1. The van der Waals surface area contributed by atoms with Gasteiger partial charge in [-0.05, 0) is 6.07 Å². The lowest BCUT2D eigenvalue weighted by atomic mass is 9.84. The standard InChI is InChI=1S/C13H22N2O/c1-13(2,10-15-9-8-14)11-6-4-5-7-12(11)16-3/h4-7,15H,8-10,14H2,1-3H3. The third-order valence-corrected chi connectivity index (χ3v) is 2.72. The van der Waals surface area contributed by atoms with Crippen molar-refractivity contribution in [3.63, 3.8) is 0 Å². The molecule has 3 nitrogen and oxygen atoms in total. The van der Waals surface area contributed by atoms with E-state index in [9.17, 15) is 0 Å². The molecule has 0 saturated carbocycles. The van der Waals surface area contributed by atoms with Crippen LogP contribution in [0.3, 0.4) is 0 Å². The van der Waals surface area contributed by atoms with Gasteiger partial charge in [0.1, 0.15) is 5.75 Å². The number of nitrogens with two attached hydrogens (primary N) is 1. The first-order valence-corrected chi connectivity index (χ1v) is 5.66. The predicted octanol–water partition coefficient (Wildman–Crippen LogP) is 1.52. The number of ether oxygens (including phenoxy) is 1. The Hall–Kier alpha value is -1.06. The summed E-state index contributed by atoms with van der Waals surface area (Å²) in [6.07, 6.45) is 0. The fraction of sp³-hybridized carbons (Fsp3) is 0.538. The summed E-state index contributed by atoms with van der Waals surface area (Å²) in [5.41, 5.74) is 6.73. The zero-order valence-corrected chi connectivity index (χ0v) is 10.4. The Morgan fingerprint density at radius 3 is 2.62 bits per heavy atom. The second-order valence-electron chi connectivity index (χ2n) is 4.55. The molecule has 0 aromatic heterocycles. The van der Waals surface area contributed by atoms with Crippen LogP contribution in [0.5, 0.6) is 5.75 Å². The van der Waals surface area contributed by atoms with Gasteiger partial charge in [-0.25, -0.2) is 0 Å². The molecule has 0 bridgehead atoms. The third kappa shape index (κ3) is 3.22. The van der Waals surface area contributed by atoms with Crippen LogP contribution in [-0.4, -0.2) is 26.7 Å². The number of hydrogen-bond acceptors (Lipinski definition) is 3. The van der Waals surface area contributed by atoms with Gasteiger partial charge in [0.25, 0.3) is 0 Å². The van der Waals surface area contributed by atoms with E-state index in [4.69, 9.17) is 10.5 Å². The highest BCUT2D eigenvalue weighted by molar-refractivity contribution is 5.39. The lowest BCUT2D eigenvalue weighted by Crippen LogP contribution is -2.35. The maximum absolute atomic E-state index is 5.47. The van der Waals surface area contributed by atoms with E-state index in [0.717, 1.165) is 18.8 Å². The Balaban J connectivity index is 2.79. The molecule has 0 aliphatic carbocycles. The van der Waals surface area contributed by atoms with Crippen LogP contribution in [0.15, 0.2) is 24.3 Å². The van der Waals surface area contributed by atoms with Crippen LogP contribution in [-0.2, 0) is 5.41 Å². The van der Waals surface area contributed by atoms with Gasteiger partial charge in [-0.1, -0.05) is 32.0 Å². The molecule has 3 heteroatoms. The molecule has 0 saturated heterocycles. The molecule has 16 heavy (non-hydrogen) atoms. The van der Waals surface area contributed by atoms with Crippen molar-refractivity contribution in [3.05, 3.63) is 29.8 Å². The Labute approximate surface area is 98.0 Å². The Morgan fingerprint density at radius 1 is 1.31 bits per heavy atom.